The Kier molecular flexibility index (Phi) is 3.82. The topological polar surface area (TPSA) is 50.9 Å². The highest BCUT2D eigenvalue weighted by Gasteiger charge is 2.41. The summed E-state index contributed by atoms with van der Waals surface area (Å²) in [6.45, 7) is 5.14. The molecule has 1 aliphatic rings. The predicted molar refractivity (Wildman–Crippen MR) is 66.5 cm³/mol. The van der Waals surface area contributed by atoms with E-state index in [2.05, 4.69) is 24.2 Å². The van der Waals surface area contributed by atoms with Crippen molar-refractivity contribution in [3.05, 3.63) is 11.9 Å². The number of aromatic nitrogens is 3. The van der Waals surface area contributed by atoms with Crippen molar-refractivity contribution in [3.63, 3.8) is 0 Å². The third-order valence-electron chi connectivity index (χ3n) is 4.25. The summed E-state index contributed by atoms with van der Waals surface area (Å²) in [4.78, 5) is 0. The van der Waals surface area contributed by atoms with Crippen molar-refractivity contribution < 1.29 is 5.11 Å². The zero-order chi connectivity index (χ0) is 12.3. The molecule has 0 aromatic carbocycles. The molecular weight excluding hydrogens is 214 g/mol. The van der Waals surface area contributed by atoms with E-state index in [0.29, 0.717) is 0 Å². The number of aliphatic hydroxyl groups excluding tert-OH is 1. The third-order valence-corrected chi connectivity index (χ3v) is 4.25. The Bertz CT molecular complexity index is 355. The van der Waals surface area contributed by atoms with Gasteiger partial charge in [0.1, 0.15) is 6.10 Å². The molecule has 0 aliphatic heterocycles. The Morgan fingerprint density at radius 1 is 1.41 bits per heavy atom. The molecule has 4 nitrogen and oxygen atoms in total. The number of aliphatic hydroxyl groups is 1. The molecule has 0 bridgehead atoms. The summed E-state index contributed by atoms with van der Waals surface area (Å²) in [6, 6.07) is 0. The number of rotatable bonds is 5. The molecule has 2 rings (SSSR count). The van der Waals surface area contributed by atoms with Crippen LogP contribution in [0.1, 0.15) is 64.2 Å². The molecule has 0 saturated heterocycles. The van der Waals surface area contributed by atoms with E-state index in [1.165, 1.54) is 12.8 Å². The van der Waals surface area contributed by atoms with E-state index in [0.717, 1.165) is 37.9 Å². The third kappa shape index (κ3) is 2.23. The fourth-order valence-electron chi connectivity index (χ4n) is 3.08. The van der Waals surface area contributed by atoms with Gasteiger partial charge in [-0.15, -0.1) is 5.10 Å². The summed E-state index contributed by atoms with van der Waals surface area (Å²) in [7, 11) is 0. The van der Waals surface area contributed by atoms with Gasteiger partial charge in [0.05, 0.1) is 11.9 Å². The molecule has 1 aromatic heterocycles. The van der Waals surface area contributed by atoms with Crippen LogP contribution in [-0.2, 0) is 6.54 Å². The first-order valence-corrected chi connectivity index (χ1v) is 6.80. The minimum absolute atomic E-state index is 0.0627. The second kappa shape index (κ2) is 5.17. The average molecular weight is 237 g/mol. The second-order valence-electron chi connectivity index (χ2n) is 5.21. The van der Waals surface area contributed by atoms with Crippen LogP contribution in [0.25, 0.3) is 0 Å². The van der Waals surface area contributed by atoms with Gasteiger partial charge in [0, 0.05) is 12.0 Å². The van der Waals surface area contributed by atoms with Crippen molar-refractivity contribution in [2.75, 3.05) is 0 Å². The van der Waals surface area contributed by atoms with Gasteiger partial charge in [0.25, 0.3) is 0 Å². The molecule has 1 N–H and O–H groups in total. The summed E-state index contributed by atoms with van der Waals surface area (Å²) < 4.78 is 1.86. The molecule has 1 unspecified atom stereocenters. The van der Waals surface area contributed by atoms with Gasteiger partial charge in [-0.05, 0) is 25.7 Å². The standard InChI is InChI=1S/C13H23N3O/c1-3-9-16-11(10-14-15-16)12(17)13(4-2)7-5-6-8-13/h10,12,17H,3-9H2,1-2H3. The fraction of sp³-hybridized carbons (Fsp3) is 0.846. The summed E-state index contributed by atoms with van der Waals surface area (Å²) in [5.41, 5.74) is 0.961. The van der Waals surface area contributed by atoms with Crippen LogP contribution in [0.2, 0.25) is 0 Å². The molecule has 1 aromatic rings. The maximum Gasteiger partial charge on any atom is 0.103 e. The quantitative estimate of drug-likeness (QED) is 0.856. The van der Waals surface area contributed by atoms with Gasteiger partial charge in [-0.25, -0.2) is 4.68 Å². The first-order chi connectivity index (χ1) is 8.23. The molecular formula is C13H23N3O. The normalized spacial score (nSPS) is 20.6. The predicted octanol–water partition coefficient (Wildman–Crippen LogP) is 2.69. The van der Waals surface area contributed by atoms with Gasteiger partial charge in [-0.1, -0.05) is 31.9 Å². The lowest BCUT2D eigenvalue weighted by Crippen LogP contribution is -2.27. The average Bonchev–Trinajstić information content (AvgIpc) is 2.97. The Morgan fingerprint density at radius 3 is 2.71 bits per heavy atom. The van der Waals surface area contributed by atoms with Crippen LogP contribution in [-0.4, -0.2) is 20.1 Å². The highest BCUT2D eigenvalue weighted by atomic mass is 16.3. The molecule has 1 aliphatic carbocycles. The number of nitrogens with zero attached hydrogens (tertiary/aromatic N) is 3. The maximum absolute atomic E-state index is 10.7. The minimum Gasteiger partial charge on any atom is -0.386 e. The fourth-order valence-corrected chi connectivity index (χ4v) is 3.08. The number of hydrogen-bond donors (Lipinski definition) is 1. The summed E-state index contributed by atoms with van der Waals surface area (Å²) in [6.07, 6.45) is 8.10. The van der Waals surface area contributed by atoms with Gasteiger partial charge in [-0.2, -0.15) is 0 Å². The van der Waals surface area contributed by atoms with Crippen molar-refractivity contribution in [2.45, 2.75) is 65.0 Å². The van der Waals surface area contributed by atoms with Crippen LogP contribution in [0.15, 0.2) is 6.20 Å². The van der Waals surface area contributed by atoms with Crippen molar-refractivity contribution in [1.29, 1.82) is 0 Å². The smallest absolute Gasteiger partial charge is 0.103 e. The molecule has 1 heterocycles. The van der Waals surface area contributed by atoms with Gasteiger partial charge >= 0.3 is 0 Å². The van der Waals surface area contributed by atoms with Crippen LogP contribution in [0, 0.1) is 5.41 Å². The van der Waals surface area contributed by atoms with E-state index in [-0.39, 0.29) is 5.41 Å². The highest BCUT2D eigenvalue weighted by Crippen LogP contribution is 2.49. The number of hydrogen-bond acceptors (Lipinski definition) is 3. The first kappa shape index (κ1) is 12.6. The van der Waals surface area contributed by atoms with Gasteiger partial charge in [-0.3, -0.25) is 0 Å². The molecule has 4 heteroatoms. The lowest BCUT2D eigenvalue weighted by molar-refractivity contribution is 0.0169. The monoisotopic (exact) mass is 237 g/mol. The number of aryl methyl sites for hydroxylation is 1. The molecule has 96 valence electrons. The maximum atomic E-state index is 10.7. The van der Waals surface area contributed by atoms with Crippen molar-refractivity contribution in [3.8, 4) is 0 Å². The van der Waals surface area contributed by atoms with Crippen molar-refractivity contribution in [2.24, 2.45) is 5.41 Å². The highest BCUT2D eigenvalue weighted by molar-refractivity contribution is 5.07. The molecule has 0 amide bonds. The SMILES string of the molecule is CCCn1nncc1C(O)C1(CC)CCCC1. The Morgan fingerprint density at radius 2 is 2.12 bits per heavy atom. The van der Waals surface area contributed by atoms with Crippen LogP contribution in [0.4, 0.5) is 0 Å². The molecule has 1 fully saturated rings. The van der Waals surface area contributed by atoms with Crippen LogP contribution in [0.3, 0.4) is 0 Å². The van der Waals surface area contributed by atoms with Gasteiger partial charge < -0.3 is 5.11 Å². The van der Waals surface area contributed by atoms with Crippen LogP contribution in [0.5, 0.6) is 0 Å². The first-order valence-electron chi connectivity index (χ1n) is 6.80. The van der Waals surface area contributed by atoms with Crippen LogP contribution < -0.4 is 0 Å². The lowest BCUT2D eigenvalue weighted by Gasteiger charge is -2.33. The minimum atomic E-state index is -0.406. The summed E-state index contributed by atoms with van der Waals surface area (Å²) >= 11 is 0. The molecule has 17 heavy (non-hydrogen) atoms. The zero-order valence-electron chi connectivity index (χ0n) is 10.9. The van der Waals surface area contributed by atoms with E-state index in [1.54, 1.807) is 6.20 Å². The summed E-state index contributed by atoms with van der Waals surface area (Å²) in [5.74, 6) is 0. The van der Waals surface area contributed by atoms with E-state index in [1.807, 2.05) is 4.68 Å². The lowest BCUT2D eigenvalue weighted by atomic mass is 9.77. The molecule has 0 radical (unpaired) electrons. The van der Waals surface area contributed by atoms with Crippen LogP contribution >= 0.6 is 0 Å². The van der Waals surface area contributed by atoms with Crippen molar-refractivity contribution >= 4 is 0 Å². The molecule has 0 spiro atoms. The largest absolute Gasteiger partial charge is 0.386 e. The Labute approximate surface area is 103 Å². The van der Waals surface area contributed by atoms with E-state index in [9.17, 15) is 5.11 Å². The van der Waals surface area contributed by atoms with E-state index in [4.69, 9.17) is 0 Å². The Hall–Kier alpha value is -0.900. The molecule has 1 atom stereocenters. The Balaban J connectivity index is 2.22. The second-order valence-corrected chi connectivity index (χ2v) is 5.21. The van der Waals surface area contributed by atoms with Gasteiger partial charge in [0.15, 0.2) is 0 Å². The van der Waals surface area contributed by atoms with E-state index >= 15 is 0 Å². The summed E-state index contributed by atoms with van der Waals surface area (Å²) in [5, 5.41) is 18.7. The van der Waals surface area contributed by atoms with E-state index < -0.39 is 6.10 Å². The van der Waals surface area contributed by atoms with Crippen molar-refractivity contribution in [1.82, 2.24) is 15.0 Å². The zero-order valence-corrected chi connectivity index (χ0v) is 10.9. The van der Waals surface area contributed by atoms with Gasteiger partial charge in [0.2, 0.25) is 0 Å². The molecule has 1 saturated carbocycles.